The van der Waals surface area contributed by atoms with Gasteiger partial charge >= 0.3 is 0 Å². The molecule has 1 aliphatic rings. The maximum Gasteiger partial charge on any atom is 0.227 e. The fourth-order valence-electron chi connectivity index (χ4n) is 4.05. The first-order chi connectivity index (χ1) is 14.6. The number of piperazine rings is 1. The number of fused-ring (bicyclic) bond motifs is 1. The summed E-state index contributed by atoms with van der Waals surface area (Å²) in [7, 11) is 0. The minimum atomic E-state index is 0.0921. The Balaban J connectivity index is 1.24. The van der Waals surface area contributed by atoms with Gasteiger partial charge < -0.3 is 14.2 Å². The highest BCUT2D eigenvalue weighted by molar-refractivity contribution is 5.88. The molecule has 0 aliphatic carbocycles. The molecule has 0 spiro atoms. The van der Waals surface area contributed by atoms with E-state index in [2.05, 4.69) is 12.1 Å². The van der Waals surface area contributed by atoms with Gasteiger partial charge in [0.05, 0.1) is 12.7 Å². The summed E-state index contributed by atoms with van der Waals surface area (Å²) in [5.74, 6) is 0.281. The lowest BCUT2D eigenvalue weighted by Crippen LogP contribution is -2.50. The summed E-state index contributed by atoms with van der Waals surface area (Å²) in [6.45, 7) is 4.44. The van der Waals surface area contributed by atoms with Crippen LogP contribution in [0.5, 0.6) is 0 Å². The van der Waals surface area contributed by atoms with Crippen LogP contribution < -0.4 is 0 Å². The predicted octanol–water partition coefficient (Wildman–Crippen LogP) is 3.98. The van der Waals surface area contributed by atoms with Crippen molar-refractivity contribution < 1.29 is 14.0 Å². The van der Waals surface area contributed by atoms with E-state index in [4.69, 9.17) is 4.42 Å². The third kappa shape index (κ3) is 4.73. The van der Waals surface area contributed by atoms with Gasteiger partial charge in [-0.2, -0.15) is 0 Å². The lowest BCUT2D eigenvalue weighted by Gasteiger charge is -2.35. The average molecular weight is 405 g/mol. The molecule has 0 unspecified atom stereocenters. The van der Waals surface area contributed by atoms with Gasteiger partial charge in [-0.15, -0.1) is 0 Å². The number of hydrogen-bond donors (Lipinski definition) is 0. The maximum atomic E-state index is 12.8. The zero-order valence-corrected chi connectivity index (χ0v) is 17.5. The topological polar surface area (TPSA) is 53.8 Å². The highest BCUT2D eigenvalue weighted by atomic mass is 16.3. The number of rotatable bonds is 6. The molecule has 156 valence electrons. The quantitative estimate of drug-likeness (QED) is 0.625. The molecule has 5 heteroatoms. The molecule has 2 heterocycles. The standard InChI is InChI=1S/C25H28N2O3/c1-19-10-11-22-21(18-30-23(22)16-19)17-25(29)27-14-12-26(13-15-27)24(28)9-5-8-20-6-3-2-4-7-20/h2-4,6-7,10-11,16,18H,5,8-9,12-15,17H2,1H3. The second kappa shape index (κ2) is 9.16. The van der Waals surface area contributed by atoms with Gasteiger partial charge in [0.1, 0.15) is 5.58 Å². The summed E-state index contributed by atoms with van der Waals surface area (Å²) in [5, 5.41) is 1.00. The number of aryl methyl sites for hydroxylation is 2. The molecule has 1 aromatic heterocycles. The highest BCUT2D eigenvalue weighted by Gasteiger charge is 2.24. The molecule has 1 saturated heterocycles. The Morgan fingerprint density at radius 3 is 2.37 bits per heavy atom. The van der Waals surface area contributed by atoms with Crippen molar-refractivity contribution in [1.29, 1.82) is 0 Å². The fourth-order valence-corrected chi connectivity index (χ4v) is 4.05. The summed E-state index contributed by atoms with van der Waals surface area (Å²) in [4.78, 5) is 29.0. The highest BCUT2D eigenvalue weighted by Crippen LogP contribution is 2.23. The number of benzene rings is 2. The minimum Gasteiger partial charge on any atom is -0.464 e. The Labute approximate surface area is 177 Å². The van der Waals surface area contributed by atoms with Gasteiger partial charge in [0, 0.05) is 43.5 Å². The van der Waals surface area contributed by atoms with E-state index in [0.29, 0.717) is 39.0 Å². The van der Waals surface area contributed by atoms with Crippen LogP contribution in [0, 0.1) is 6.92 Å². The first-order valence-corrected chi connectivity index (χ1v) is 10.7. The Hall–Kier alpha value is -3.08. The van der Waals surface area contributed by atoms with Gasteiger partial charge in [-0.1, -0.05) is 42.5 Å². The molecule has 1 aliphatic heterocycles. The first-order valence-electron chi connectivity index (χ1n) is 10.7. The van der Waals surface area contributed by atoms with E-state index in [1.807, 2.05) is 53.1 Å². The van der Waals surface area contributed by atoms with Crippen molar-refractivity contribution in [1.82, 2.24) is 9.80 Å². The van der Waals surface area contributed by atoms with E-state index < -0.39 is 0 Å². The lowest BCUT2D eigenvalue weighted by molar-refractivity contribution is -0.139. The molecule has 5 nitrogen and oxygen atoms in total. The lowest BCUT2D eigenvalue weighted by atomic mass is 10.1. The number of nitrogens with zero attached hydrogens (tertiary/aromatic N) is 2. The molecule has 30 heavy (non-hydrogen) atoms. The van der Waals surface area contributed by atoms with Crippen molar-refractivity contribution in [3.63, 3.8) is 0 Å². The van der Waals surface area contributed by atoms with Crippen LogP contribution in [0.25, 0.3) is 11.0 Å². The van der Waals surface area contributed by atoms with Crippen LogP contribution in [0.3, 0.4) is 0 Å². The van der Waals surface area contributed by atoms with Crippen LogP contribution >= 0.6 is 0 Å². The molecule has 2 aromatic carbocycles. The summed E-state index contributed by atoms with van der Waals surface area (Å²) in [5.41, 5.74) is 4.15. The molecule has 0 radical (unpaired) electrons. The van der Waals surface area contributed by atoms with Gasteiger partial charge in [-0.05, 0) is 37.0 Å². The minimum absolute atomic E-state index is 0.0921. The smallest absolute Gasteiger partial charge is 0.227 e. The van der Waals surface area contributed by atoms with Crippen molar-refractivity contribution >= 4 is 22.8 Å². The monoisotopic (exact) mass is 404 g/mol. The van der Waals surface area contributed by atoms with Crippen molar-refractivity contribution in [2.75, 3.05) is 26.2 Å². The molecule has 0 saturated carbocycles. The van der Waals surface area contributed by atoms with Gasteiger partial charge in [0.2, 0.25) is 11.8 Å². The van der Waals surface area contributed by atoms with Crippen molar-refractivity contribution in [2.45, 2.75) is 32.6 Å². The Morgan fingerprint density at radius 2 is 1.63 bits per heavy atom. The van der Waals surface area contributed by atoms with Crippen LogP contribution in [-0.2, 0) is 22.4 Å². The largest absolute Gasteiger partial charge is 0.464 e. The van der Waals surface area contributed by atoms with Gasteiger partial charge in [0.25, 0.3) is 0 Å². The molecular weight excluding hydrogens is 376 g/mol. The number of amides is 2. The summed E-state index contributed by atoms with van der Waals surface area (Å²) in [6, 6.07) is 16.3. The number of hydrogen-bond acceptors (Lipinski definition) is 3. The molecule has 4 rings (SSSR count). The third-order valence-electron chi connectivity index (χ3n) is 5.84. The van der Waals surface area contributed by atoms with E-state index in [-0.39, 0.29) is 11.8 Å². The number of furan rings is 1. The van der Waals surface area contributed by atoms with Crippen molar-refractivity contribution in [3.8, 4) is 0 Å². The molecule has 0 atom stereocenters. The molecule has 3 aromatic rings. The van der Waals surface area contributed by atoms with E-state index in [1.54, 1.807) is 6.26 Å². The Kier molecular flexibility index (Phi) is 6.17. The van der Waals surface area contributed by atoms with E-state index >= 15 is 0 Å². The summed E-state index contributed by atoms with van der Waals surface area (Å²) in [6.07, 6.45) is 4.36. The predicted molar refractivity (Wildman–Crippen MR) is 117 cm³/mol. The first kappa shape index (κ1) is 20.2. The zero-order chi connectivity index (χ0) is 20.9. The Morgan fingerprint density at radius 1 is 0.933 bits per heavy atom. The molecule has 0 N–H and O–H groups in total. The van der Waals surface area contributed by atoms with Crippen LogP contribution in [0.15, 0.2) is 59.2 Å². The van der Waals surface area contributed by atoms with Crippen LogP contribution in [0.2, 0.25) is 0 Å². The van der Waals surface area contributed by atoms with Gasteiger partial charge in [-0.25, -0.2) is 0 Å². The molecule has 1 fully saturated rings. The van der Waals surface area contributed by atoms with Gasteiger partial charge in [-0.3, -0.25) is 9.59 Å². The molecule has 0 bridgehead atoms. The van der Waals surface area contributed by atoms with Crippen LogP contribution in [0.4, 0.5) is 0 Å². The number of carbonyl (C=O) groups is 2. The van der Waals surface area contributed by atoms with E-state index in [9.17, 15) is 9.59 Å². The van der Waals surface area contributed by atoms with E-state index in [1.165, 1.54) is 5.56 Å². The zero-order valence-electron chi connectivity index (χ0n) is 17.5. The third-order valence-corrected chi connectivity index (χ3v) is 5.84. The molecular formula is C25H28N2O3. The maximum absolute atomic E-state index is 12.8. The fraction of sp³-hybridized carbons (Fsp3) is 0.360. The van der Waals surface area contributed by atoms with E-state index in [0.717, 1.165) is 34.9 Å². The van der Waals surface area contributed by atoms with Crippen LogP contribution in [0.1, 0.15) is 29.5 Å². The SMILES string of the molecule is Cc1ccc2c(CC(=O)N3CCN(C(=O)CCCc4ccccc4)CC3)coc2c1. The van der Waals surface area contributed by atoms with Crippen LogP contribution in [-0.4, -0.2) is 47.8 Å². The Bertz CT molecular complexity index is 1020. The summed E-state index contributed by atoms with van der Waals surface area (Å²) < 4.78 is 5.61. The summed E-state index contributed by atoms with van der Waals surface area (Å²) >= 11 is 0. The second-order valence-corrected chi connectivity index (χ2v) is 8.04. The van der Waals surface area contributed by atoms with Crippen molar-refractivity contribution in [2.24, 2.45) is 0 Å². The normalized spacial score (nSPS) is 14.3. The van der Waals surface area contributed by atoms with Gasteiger partial charge in [0.15, 0.2) is 0 Å². The average Bonchev–Trinajstić information content (AvgIpc) is 3.16. The molecule has 2 amide bonds. The van der Waals surface area contributed by atoms with Crippen molar-refractivity contribution in [3.05, 3.63) is 71.5 Å². The number of carbonyl (C=O) groups excluding carboxylic acids is 2. The second-order valence-electron chi connectivity index (χ2n) is 8.04.